The summed E-state index contributed by atoms with van der Waals surface area (Å²) in [6.07, 6.45) is 5.85. The third-order valence-corrected chi connectivity index (χ3v) is 3.48. The molecule has 1 aliphatic rings. The van der Waals surface area contributed by atoms with Crippen molar-refractivity contribution in [1.82, 2.24) is 5.32 Å². The molecule has 1 saturated carbocycles. The number of rotatable bonds is 2. The van der Waals surface area contributed by atoms with Crippen molar-refractivity contribution < 1.29 is 4.79 Å². The summed E-state index contributed by atoms with van der Waals surface area (Å²) in [4.78, 5) is 11.9. The van der Waals surface area contributed by atoms with E-state index < -0.39 is 0 Å². The van der Waals surface area contributed by atoms with Gasteiger partial charge in [-0.3, -0.25) is 0 Å². The predicted molar refractivity (Wildman–Crippen MR) is 74.6 cm³/mol. The number of nitrogens with two attached hydrogens (primary N) is 1. The van der Waals surface area contributed by atoms with Crippen molar-refractivity contribution in [2.24, 2.45) is 0 Å². The summed E-state index contributed by atoms with van der Waals surface area (Å²) in [6.45, 7) is 1.94. The highest BCUT2D eigenvalue weighted by atomic mass is 16.2. The van der Waals surface area contributed by atoms with Crippen molar-refractivity contribution in [3.8, 4) is 0 Å². The predicted octanol–water partition coefficient (Wildman–Crippen LogP) is 3.03. The molecular formula is C14H21N3O. The van der Waals surface area contributed by atoms with Gasteiger partial charge in [0, 0.05) is 6.04 Å². The Morgan fingerprint density at radius 2 is 2.00 bits per heavy atom. The van der Waals surface area contributed by atoms with Crippen LogP contribution in [0, 0.1) is 6.92 Å². The standard InChI is InChI=1S/C14H21N3O/c1-10-6-5-9-12(15)13(10)17-14(18)16-11-7-3-2-4-8-11/h5-6,9,11H,2-4,7-8,15H2,1H3,(H2,16,17,18). The summed E-state index contributed by atoms with van der Waals surface area (Å²) >= 11 is 0. The first-order chi connectivity index (χ1) is 8.66. The fourth-order valence-corrected chi connectivity index (χ4v) is 2.44. The summed E-state index contributed by atoms with van der Waals surface area (Å²) in [6, 6.07) is 5.77. The molecule has 0 heterocycles. The van der Waals surface area contributed by atoms with Crippen molar-refractivity contribution in [1.29, 1.82) is 0 Å². The third kappa shape index (κ3) is 3.15. The zero-order chi connectivity index (χ0) is 13.0. The van der Waals surface area contributed by atoms with Crippen molar-refractivity contribution in [2.45, 2.75) is 45.1 Å². The van der Waals surface area contributed by atoms with Gasteiger partial charge in [-0.1, -0.05) is 31.4 Å². The van der Waals surface area contributed by atoms with Gasteiger partial charge in [0.15, 0.2) is 0 Å². The lowest BCUT2D eigenvalue weighted by Gasteiger charge is -2.23. The van der Waals surface area contributed by atoms with Gasteiger partial charge < -0.3 is 16.4 Å². The number of benzene rings is 1. The average molecular weight is 247 g/mol. The second kappa shape index (κ2) is 5.76. The lowest BCUT2D eigenvalue weighted by atomic mass is 9.96. The zero-order valence-electron chi connectivity index (χ0n) is 10.8. The van der Waals surface area contributed by atoms with Gasteiger partial charge in [0.1, 0.15) is 0 Å². The minimum Gasteiger partial charge on any atom is -0.397 e. The number of nitrogen functional groups attached to an aromatic ring is 1. The van der Waals surface area contributed by atoms with Crippen LogP contribution in [0.4, 0.5) is 16.2 Å². The minimum absolute atomic E-state index is 0.150. The maximum Gasteiger partial charge on any atom is 0.319 e. The highest BCUT2D eigenvalue weighted by Gasteiger charge is 2.16. The van der Waals surface area contributed by atoms with E-state index in [0.29, 0.717) is 17.4 Å². The molecule has 2 rings (SSSR count). The number of nitrogens with one attached hydrogen (secondary N) is 2. The smallest absolute Gasteiger partial charge is 0.319 e. The molecule has 0 radical (unpaired) electrons. The molecule has 0 aromatic heterocycles. The van der Waals surface area contributed by atoms with Crippen LogP contribution in [-0.4, -0.2) is 12.1 Å². The highest BCUT2D eigenvalue weighted by molar-refractivity contribution is 5.93. The number of amides is 2. The molecule has 4 N–H and O–H groups in total. The summed E-state index contributed by atoms with van der Waals surface area (Å²) < 4.78 is 0. The number of aryl methyl sites for hydroxylation is 1. The SMILES string of the molecule is Cc1cccc(N)c1NC(=O)NC1CCCCC1. The molecule has 2 amide bonds. The fourth-order valence-electron chi connectivity index (χ4n) is 2.44. The van der Waals surface area contributed by atoms with Gasteiger partial charge in [-0.05, 0) is 31.4 Å². The molecule has 1 aromatic carbocycles. The lowest BCUT2D eigenvalue weighted by molar-refractivity contribution is 0.244. The number of urea groups is 1. The average Bonchev–Trinajstić information content (AvgIpc) is 2.35. The summed E-state index contributed by atoms with van der Waals surface area (Å²) in [7, 11) is 0. The van der Waals surface area contributed by atoms with E-state index in [1.54, 1.807) is 6.07 Å². The Morgan fingerprint density at radius 1 is 1.28 bits per heavy atom. The Hall–Kier alpha value is -1.71. The molecule has 0 bridgehead atoms. The largest absolute Gasteiger partial charge is 0.397 e. The van der Waals surface area contributed by atoms with Gasteiger partial charge in [0.25, 0.3) is 0 Å². The van der Waals surface area contributed by atoms with E-state index in [4.69, 9.17) is 5.73 Å². The van der Waals surface area contributed by atoms with Crippen LogP contribution >= 0.6 is 0 Å². The van der Waals surface area contributed by atoms with Gasteiger partial charge in [-0.25, -0.2) is 4.79 Å². The third-order valence-electron chi connectivity index (χ3n) is 3.48. The van der Waals surface area contributed by atoms with Crippen LogP contribution < -0.4 is 16.4 Å². The molecule has 4 heteroatoms. The van der Waals surface area contributed by atoms with E-state index in [9.17, 15) is 4.79 Å². The second-order valence-electron chi connectivity index (χ2n) is 4.97. The highest BCUT2D eigenvalue weighted by Crippen LogP contribution is 2.23. The Kier molecular flexibility index (Phi) is 4.07. The van der Waals surface area contributed by atoms with Crippen LogP contribution in [0.1, 0.15) is 37.7 Å². The molecule has 0 aliphatic heterocycles. The molecule has 1 aromatic rings. The monoisotopic (exact) mass is 247 g/mol. The van der Waals surface area contributed by atoms with E-state index in [1.165, 1.54) is 19.3 Å². The second-order valence-corrected chi connectivity index (χ2v) is 4.97. The normalized spacial score (nSPS) is 16.3. The zero-order valence-corrected chi connectivity index (χ0v) is 10.8. The number of hydrogen-bond acceptors (Lipinski definition) is 2. The maximum atomic E-state index is 11.9. The number of hydrogen-bond donors (Lipinski definition) is 3. The Morgan fingerprint density at radius 3 is 2.67 bits per heavy atom. The molecule has 0 atom stereocenters. The van der Waals surface area contributed by atoms with Crippen LogP contribution in [0.5, 0.6) is 0 Å². The van der Waals surface area contributed by atoms with Gasteiger partial charge >= 0.3 is 6.03 Å². The van der Waals surface area contributed by atoms with E-state index in [2.05, 4.69) is 10.6 Å². The quantitative estimate of drug-likeness (QED) is 0.703. The van der Waals surface area contributed by atoms with Crippen LogP contribution in [0.15, 0.2) is 18.2 Å². The van der Waals surface area contributed by atoms with Gasteiger partial charge in [0.2, 0.25) is 0 Å². The molecule has 4 nitrogen and oxygen atoms in total. The maximum absolute atomic E-state index is 11.9. The molecule has 98 valence electrons. The van der Waals surface area contributed by atoms with E-state index >= 15 is 0 Å². The van der Waals surface area contributed by atoms with Crippen molar-refractivity contribution >= 4 is 17.4 Å². The number of carbonyl (C=O) groups excluding carboxylic acids is 1. The van der Waals surface area contributed by atoms with Crippen LogP contribution in [-0.2, 0) is 0 Å². The van der Waals surface area contributed by atoms with E-state index in [1.807, 2.05) is 19.1 Å². The van der Waals surface area contributed by atoms with E-state index in [0.717, 1.165) is 18.4 Å². The van der Waals surface area contributed by atoms with Gasteiger partial charge in [0.05, 0.1) is 11.4 Å². The van der Waals surface area contributed by atoms with Crippen molar-refractivity contribution in [2.75, 3.05) is 11.1 Å². The lowest BCUT2D eigenvalue weighted by Crippen LogP contribution is -2.39. The molecule has 0 spiro atoms. The Bertz CT molecular complexity index is 405. The fraction of sp³-hybridized carbons (Fsp3) is 0.500. The number of anilines is 2. The Balaban J connectivity index is 1.94. The van der Waals surface area contributed by atoms with Crippen LogP contribution in [0.25, 0.3) is 0 Å². The first-order valence-corrected chi connectivity index (χ1v) is 6.59. The number of carbonyl (C=O) groups is 1. The van der Waals surface area contributed by atoms with Crippen molar-refractivity contribution in [3.05, 3.63) is 23.8 Å². The van der Waals surface area contributed by atoms with Crippen molar-refractivity contribution in [3.63, 3.8) is 0 Å². The number of para-hydroxylation sites is 1. The molecule has 1 aliphatic carbocycles. The first-order valence-electron chi connectivity index (χ1n) is 6.59. The molecule has 18 heavy (non-hydrogen) atoms. The summed E-state index contributed by atoms with van der Waals surface area (Å²) in [5.74, 6) is 0. The first kappa shape index (κ1) is 12.7. The summed E-state index contributed by atoms with van der Waals surface area (Å²) in [5, 5.41) is 5.87. The molecule has 1 fully saturated rings. The van der Waals surface area contributed by atoms with Crippen LogP contribution in [0.2, 0.25) is 0 Å². The van der Waals surface area contributed by atoms with Crippen LogP contribution in [0.3, 0.4) is 0 Å². The molecular weight excluding hydrogens is 226 g/mol. The molecule has 0 unspecified atom stereocenters. The van der Waals surface area contributed by atoms with E-state index in [-0.39, 0.29) is 6.03 Å². The van der Waals surface area contributed by atoms with Gasteiger partial charge in [-0.2, -0.15) is 0 Å². The Labute approximate surface area is 108 Å². The molecule has 0 saturated heterocycles. The topological polar surface area (TPSA) is 67.1 Å². The van der Waals surface area contributed by atoms with Gasteiger partial charge in [-0.15, -0.1) is 0 Å². The summed E-state index contributed by atoms with van der Waals surface area (Å²) in [5.41, 5.74) is 8.16. The minimum atomic E-state index is -0.150.